The SMILES string of the molecule is O=C(CCl)c1cc(C(F)(F)F)cc(Br)c1F. The Labute approximate surface area is 102 Å². The van der Waals surface area contributed by atoms with Crippen LogP contribution in [0.1, 0.15) is 15.9 Å². The Hall–Kier alpha value is -0.620. The smallest absolute Gasteiger partial charge is 0.293 e. The predicted molar refractivity (Wildman–Crippen MR) is 54.2 cm³/mol. The van der Waals surface area contributed by atoms with Crippen LogP contribution in [-0.4, -0.2) is 11.7 Å². The van der Waals surface area contributed by atoms with Crippen molar-refractivity contribution in [1.29, 1.82) is 0 Å². The van der Waals surface area contributed by atoms with Gasteiger partial charge in [0.2, 0.25) is 0 Å². The standard InChI is InChI=1S/C9H4BrClF4O/c10-6-2-4(9(13,14)15)1-5(8(6)12)7(16)3-11/h1-2H,3H2. The summed E-state index contributed by atoms with van der Waals surface area (Å²) in [4.78, 5) is 11.1. The van der Waals surface area contributed by atoms with Crippen molar-refractivity contribution in [3.63, 3.8) is 0 Å². The maximum absolute atomic E-state index is 13.3. The Morgan fingerprint density at radius 3 is 2.38 bits per heavy atom. The van der Waals surface area contributed by atoms with Gasteiger partial charge in [0.15, 0.2) is 5.78 Å². The number of hydrogen-bond acceptors (Lipinski definition) is 1. The molecule has 1 nitrogen and oxygen atoms in total. The first kappa shape index (κ1) is 13.4. The quantitative estimate of drug-likeness (QED) is 0.457. The lowest BCUT2D eigenvalue weighted by Crippen LogP contribution is -2.11. The van der Waals surface area contributed by atoms with E-state index in [1.54, 1.807) is 0 Å². The van der Waals surface area contributed by atoms with Gasteiger partial charge in [-0.05, 0) is 28.1 Å². The van der Waals surface area contributed by atoms with Gasteiger partial charge in [-0.1, -0.05) is 0 Å². The first-order valence-corrected chi connectivity index (χ1v) is 5.25. The molecule has 0 saturated carbocycles. The first-order chi connectivity index (χ1) is 7.27. The van der Waals surface area contributed by atoms with E-state index in [2.05, 4.69) is 15.9 Å². The van der Waals surface area contributed by atoms with Gasteiger partial charge < -0.3 is 0 Å². The molecule has 0 atom stereocenters. The minimum Gasteiger partial charge on any atom is -0.293 e. The number of rotatable bonds is 2. The van der Waals surface area contributed by atoms with Gasteiger partial charge in [0.1, 0.15) is 5.82 Å². The zero-order chi connectivity index (χ0) is 12.5. The van der Waals surface area contributed by atoms with Crippen molar-refractivity contribution in [2.24, 2.45) is 0 Å². The predicted octanol–water partition coefficient (Wildman–Crippen LogP) is 4.03. The molecule has 0 aliphatic rings. The zero-order valence-electron chi connectivity index (χ0n) is 7.54. The summed E-state index contributed by atoms with van der Waals surface area (Å²) in [7, 11) is 0. The fourth-order valence-corrected chi connectivity index (χ4v) is 1.63. The summed E-state index contributed by atoms with van der Waals surface area (Å²) in [5, 5.41) is 0. The molecule has 1 aromatic carbocycles. The first-order valence-electron chi connectivity index (χ1n) is 3.92. The van der Waals surface area contributed by atoms with E-state index in [1.165, 1.54) is 0 Å². The van der Waals surface area contributed by atoms with Crippen molar-refractivity contribution < 1.29 is 22.4 Å². The van der Waals surface area contributed by atoms with E-state index in [9.17, 15) is 22.4 Å². The molecule has 0 fully saturated rings. The van der Waals surface area contributed by atoms with Crippen molar-refractivity contribution in [2.45, 2.75) is 6.18 Å². The van der Waals surface area contributed by atoms with Gasteiger partial charge in [-0.2, -0.15) is 13.2 Å². The van der Waals surface area contributed by atoms with E-state index in [0.29, 0.717) is 12.1 Å². The highest BCUT2D eigenvalue weighted by atomic mass is 79.9. The van der Waals surface area contributed by atoms with E-state index < -0.39 is 39.3 Å². The Bertz CT molecular complexity index is 430. The van der Waals surface area contributed by atoms with Crippen LogP contribution >= 0.6 is 27.5 Å². The molecule has 0 bridgehead atoms. The molecule has 0 N–H and O–H groups in total. The van der Waals surface area contributed by atoms with E-state index in [1.807, 2.05) is 0 Å². The summed E-state index contributed by atoms with van der Waals surface area (Å²) in [5.74, 6) is -2.52. The molecule has 16 heavy (non-hydrogen) atoms. The lowest BCUT2D eigenvalue weighted by atomic mass is 10.1. The van der Waals surface area contributed by atoms with E-state index in [4.69, 9.17) is 11.6 Å². The zero-order valence-corrected chi connectivity index (χ0v) is 9.88. The van der Waals surface area contributed by atoms with E-state index >= 15 is 0 Å². The Morgan fingerprint density at radius 1 is 1.38 bits per heavy atom. The third-order valence-electron chi connectivity index (χ3n) is 1.78. The number of ketones is 1. The summed E-state index contributed by atoms with van der Waals surface area (Å²) in [5.41, 5.74) is -1.77. The highest BCUT2D eigenvalue weighted by Crippen LogP contribution is 2.33. The number of Topliss-reactive ketones (excluding diaryl/α,β-unsaturated/α-hetero) is 1. The van der Waals surface area contributed by atoms with Gasteiger partial charge in [-0.3, -0.25) is 4.79 Å². The molecular weight excluding hydrogens is 315 g/mol. The maximum Gasteiger partial charge on any atom is 0.416 e. The van der Waals surface area contributed by atoms with E-state index in [0.717, 1.165) is 0 Å². The van der Waals surface area contributed by atoms with Crippen molar-refractivity contribution in [2.75, 3.05) is 5.88 Å². The molecule has 0 aromatic heterocycles. The third kappa shape index (κ3) is 2.74. The lowest BCUT2D eigenvalue weighted by molar-refractivity contribution is -0.137. The van der Waals surface area contributed by atoms with Crippen LogP contribution < -0.4 is 0 Å². The Morgan fingerprint density at radius 2 is 1.94 bits per heavy atom. The van der Waals surface area contributed by atoms with Gasteiger partial charge in [-0.25, -0.2) is 4.39 Å². The summed E-state index contributed by atoms with van der Waals surface area (Å²) in [6, 6.07) is 1.02. The average Bonchev–Trinajstić information content (AvgIpc) is 2.19. The second kappa shape index (κ2) is 4.71. The Balaban J connectivity index is 3.39. The maximum atomic E-state index is 13.3. The minimum absolute atomic E-state index is 0.421. The van der Waals surface area contributed by atoms with Crippen molar-refractivity contribution >= 4 is 33.3 Å². The highest BCUT2D eigenvalue weighted by molar-refractivity contribution is 9.10. The van der Waals surface area contributed by atoms with Crippen LogP contribution in [0.4, 0.5) is 17.6 Å². The second-order valence-electron chi connectivity index (χ2n) is 2.87. The number of carbonyl (C=O) groups is 1. The molecule has 0 radical (unpaired) electrons. The fraction of sp³-hybridized carbons (Fsp3) is 0.222. The van der Waals surface area contributed by atoms with Crippen LogP contribution in [-0.2, 0) is 6.18 Å². The van der Waals surface area contributed by atoms with Gasteiger partial charge in [0.05, 0.1) is 21.5 Å². The van der Waals surface area contributed by atoms with Crippen molar-refractivity contribution in [3.05, 3.63) is 33.5 Å². The van der Waals surface area contributed by atoms with Gasteiger partial charge in [-0.15, -0.1) is 11.6 Å². The summed E-state index contributed by atoms with van der Waals surface area (Å²) >= 11 is 7.78. The number of halogens is 6. The summed E-state index contributed by atoms with van der Waals surface area (Å²) in [6.45, 7) is 0. The normalized spacial score (nSPS) is 11.6. The number of alkyl halides is 4. The molecular formula is C9H4BrClF4O. The average molecular weight is 319 g/mol. The molecule has 0 unspecified atom stereocenters. The third-order valence-corrected chi connectivity index (χ3v) is 2.60. The molecule has 0 heterocycles. The second-order valence-corrected chi connectivity index (χ2v) is 4.00. The molecule has 0 saturated heterocycles. The number of carbonyl (C=O) groups excluding carboxylic acids is 1. The van der Waals surface area contributed by atoms with Crippen LogP contribution in [0.25, 0.3) is 0 Å². The van der Waals surface area contributed by atoms with Gasteiger partial charge >= 0.3 is 6.18 Å². The summed E-state index contributed by atoms with van der Waals surface area (Å²) in [6.07, 6.45) is -4.64. The molecule has 7 heteroatoms. The molecule has 1 aromatic rings. The van der Waals surface area contributed by atoms with Gasteiger partial charge in [0.25, 0.3) is 0 Å². The van der Waals surface area contributed by atoms with Crippen molar-refractivity contribution in [1.82, 2.24) is 0 Å². The number of benzene rings is 1. The van der Waals surface area contributed by atoms with Gasteiger partial charge in [0, 0.05) is 0 Å². The largest absolute Gasteiger partial charge is 0.416 e. The summed E-state index contributed by atoms with van der Waals surface area (Å²) < 4.78 is 50.0. The minimum atomic E-state index is -4.64. The van der Waals surface area contributed by atoms with Crippen molar-refractivity contribution in [3.8, 4) is 0 Å². The lowest BCUT2D eigenvalue weighted by Gasteiger charge is -2.10. The Kier molecular flexibility index (Phi) is 3.96. The monoisotopic (exact) mass is 318 g/mol. The van der Waals surface area contributed by atoms with E-state index in [-0.39, 0.29) is 0 Å². The van der Waals surface area contributed by atoms with Crippen LogP contribution in [0.2, 0.25) is 0 Å². The molecule has 0 aliphatic carbocycles. The molecule has 88 valence electrons. The molecule has 0 spiro atoms. The molecule has 1 rings (SSSR count). The molecule has 0 amide bonds. The highest BCUT2D eigenvalue weighted by Gasteiger charge is 2.32. The van der Waals surface area contributed by atoms with Crippen LogP contribution in [0.15, 0.2) is 16.6 Å². The number of hydrogen-bond donors (Lipinski definition) is 0. The fourth-order valence-electron chi connectivity index (χ4n) is 1.03. The molecule has 0 aliphatic heterocycles. The van der Waals surface area contributed by atoms with Crippen LogP contribution in [0.3, 0.4) is 0 Å². The topological polar surface area (TPSA) is 17.1 Å². The van der Waals surface area contributed by atoms with Crippen LogP contribution in [0.5, 0.6) is 0 Å². The van der Waals surface area contributed by atoms with Crippen LogP contribution in [0, 0.1) is 5.82 Å².